The summed E-state index contributed by atoms with van der Waals surface area (Å²) in [6.07, 6.45) is 0.555. The van der Waals surface area contributed by atoms with E-state index in [0.717, 1.165) is 22.5 Å². The Morgan fingerprint density at radius 2 is 2.00 bits per heavy atom. The standard InChI is InChI=1S/C15H16ClFN2/c1-9-3-5-12(10(2)19-9)15(18)8-11-4-6-13(16)14(17)7-11/h3-7,15H,8,18H2,1-2H3. The molecule has 0 aliphatic carbocycles. The predicted octanol–water partition coefficient (Wildman–Crippen LogP) is 3.73. The Labute approximate surface area is 117 Å². The van der Waals surface area contributed by atoms with E-state index in [2.05, 4.69) is 4.98 Å². The molecule has 0 spiro atoms. The molecule has 0 saturated carbocycles. The van der Waals surface area contributed by atoms with Crippen LogP contribution in [0.25, 0.3) is 0 Å². The van der Waals surface area contributed by atoms with Gasteiger partial charge in [0.05, 0.1) is 5.02 Å². The van der Waals surface area contributed by atoms with Crippen LogP contribution in [0.4, 0.5) is 4.39 Å². The second kappa shape index (κ2) is 5.68. The van der Waals surface area contributed by atoms with Crippen LogP contribution >= 0.6 is 11.6 Å². The molecule has 1 atom stereocenters. The minimum atomic E-state index is -0.412. The van der Waals surface area contributed by atoms with Crippen molar-refractivity contribution in [2.75, 3.05) is 0 Å². The van der Waals surface area contributed by atoms with Crippen LogP contribution in [-0.2, 0) is 6.42 Å². The first-order valence-corrected chi connectivity index (χ1v) is 6.49. The molecule has 2 rings (SSSR count). The van der Waals surface area contributed by atoms with Gasteiger partial charge >= 0.3 is 0 Å². The number of benzene rings is 1. The highest BCUT2D eigenvalue weighted by molar-refractivity contribution is 6.30. The molecule has 4 heteroatoms. The molecule has 1 aromatic carbocycles. The van der Waals surface area contributed by atoms with Gasteiger partial charge in [-0.2, -0.15) is 0 Å². The Kier molecular flexibility index (Phi) is 4.17. The fraction of sp³-hybridized carbons (Fsp3) is 0.267. The third-order valence-corrected chi connectivity index (χ3v) is 3.41. The fourth-order valence-corrected chi connectivity index (χ4v) is 2.24. The second-order valence-electron chi connectivity index (χ2n) is 4.69. The van der Waals surface area contributed by atoms with Crippen LogP contribution in [0.1, 0.15) is 28.6 Å². The molecule has 0 radical (unpaired) electrons. The maximum absolute atomic E-state index is 13.4. The molecular weight excluding hydrogens is 263 g/mol. The zero-order valence-electron chi connectivity index (χ0n) is 11.0. The topological polar surface area (TPSA) is 38.9 Å². The lowest BCUT2D eigenvalue weighted by Crippen LogP contribution is -2.15. The number of pyridine rings is 1. The summed E-state index contributed by atoms with van der Waals surface area (Å²) < 4.78 is 13.4. The van der Waals surface area contributed by atoms with E-state index in [1.165, 1.54) is 6.07 Å². The van der Waals surface area contributed by atoms with Crippen molar-refractivity contribution in [2.45, 2.75) is 26.3 Å². The van der Waals surface area contributed by atoms with Crippen LogP contribution in [0, 0.1) is 19.7 Å². The molecule has 0 aliphatic rings. The van der Waals surface area contributed by atoms with E-state index < -0.39 is 5.82 Å². The third kappa shape index (κ3) is 3.31. The first-order valence-electron chi connectivity index (χ1n) is 6.11. The predicted molar refractivity (Wildman–Crippen MR) is 75.8 cm³/mol. The highest BCUT2D eigenvalue weighted by atomic mass is 35.5. The van der Waals surface area contributed by atoms with Crippen LogP contribution in [-0.4, -0.2) is 4.98 Å². The minimum Gasteiger partial charge on any atom is -0.324 e. The molecule has 1 aromatic heterocycles. The number of nitrogens with zero attached hydrogens (tertiary/aromatic N) is 1. The van der Waals surface area contributed by atoms with Crippen LogP contribution in [0.3, 0.4) is 0 Å². The van der Waals surface area contributed by atoms with Gasteiger partial charge in [-0.3, -0.25) is 4.98 Å². The number of nitrogens with two attached hydrogens (primary N) is 1. The van der Waals surface area contributed by atoms with Gasteiger partial charge in [0, 0.05) is 17.4 Å². The van der Waals surface area contributed by atoms with E-state index in [0.29, 0.717) is 6.42 Å². The van der Waals surface area contributed by atoms with E-state index in [1.807, 2.05) is 26.0 Å². The molecule has 0 amide bonds. The Balaban J connectivity index is 2.20. The number of aromatic nitrogens is 1. The first-order chi connectivity index (χ1) is 8.97. The number of rotatable bonds is 3. The van der Waals surface area contributed by atoms with Gasteiger partial charge in [0.15, 0.2) is 0 Å². The summed E-state index contributed by atoms with van der Waals surface area (Å²) in [6, 6.07) is 8.49. The Hall–Kier alpha value is -1.45. The molecule has 19 heavy (non-hydrogen) atoms. The molecule has 2 N–H and O–H groups in total. The van der Waals surface area contributed by atoms with Crippen molar-refractivity contribution in [3.05, 3.63) is 63.7 Å². The van der Waals surface area contributed by atoms with Gasteiger partial charge in [-0.1, -0.05) is 23.7 Å². The van der Waals surface area contributed by atoms with E-state index >= 15 is 0 Å². The van der Waals surface area contributed by atoms with Crippen molar-refractivity contribution in [1.29, 1.82) is 0 Å². The lowest BCUT2D eigenvalue weighted by atomic mass is 9.98. The molecule has 0 saturated heterocycles. The largest absolute Gasteiger partial charge is 0.324 e. The smallest absolute Gasteiger partial charge is 0.142 e. The van der Waals surface area contributed by atoms with Crippen LogP contribution in [0.2, 0.25) is 5.02 Å². The Bertz CT molecular complexity index is 599. The summed E-state index contributed by atoms with van der Waals surface area (Å²) in [5, 5.41) is 0.130. The van der Waals surface area contributed by atoms with Gasteiger partial charge in [0.1, 0.15) is 5.82 Å². The molecule has 1 heterocycles. The summed E-state index contributed by atoms with van der Waals surface area (Å²) in [5.74, 6) is -0.412. The van der Waals surface area contributed by atoms with Gasteiger partial charge < -0.3 is 5.73 Å². The number of aryl methyl sites for hydroxylation is 2. The Morgan fingerprint density at radius 3 is 2.63 bits per heavy atom. The van der Waals surface area contributed by atoms with Crippen LogP contribution < -0.4 is 5.73 Å². The van der Waals surface area contributed by atoms with Crippen molar-refractivity contribution >= 4 is 11.6 Å². The summed E-state index contributed by atoms with van der Waals surface area (Å²) in [5.41, 5.74) is 9.87. The van der Waals surface area contributed by atoms with Crippen molar-refractivity contribution < 1.29 is 4.39 Å². The van der Waals surface area contributed by atoms with Crippen molar-refractivity contribution in [3.63, 3.8) is 0 Å². The molecule has 0 fully saturated rings. The second-order valence-corrected chi connectivity index (χ2v) is 5.09. The fourth-order valence-electron chi connectivity index (χ4n) is 2.12. The van der Waals surface area contributed by atoms with Crippen molar-refractivity contribution in [1.82, 2.24) is 4.98 Å². The lowest BCUT2D eigenvalue weighted by Gasteiger charge is -2.15. The van der Waals surface area contributed by atoms with Crippen molar-refractivity contribution in [2.24, 2.45) is 5.73 Å². The number of hydrogen-bond acceptors (Lipinski definition) is 2. The van der Waals surface area contributed by atoms with Gasteiger partial charge in [-0.05, 0) is 49.6 Å². The molecule has 0 aliphatic heterocycles. The number of halogens is 2. The van der Waals surface area contributed by atoms with Crippen LogP contribution in [0.5, 0.6) is 0 Å². The molecule has 0 bridgehead atoms. The SMILES string of the molecule is Cc1ccc(C(N)Cc2ccc(Cl)c(F)c2)c(C)n1. The van der Waals surface area contributed by atoms with E-state index in [9.17, 15) is 4.39 Å². The number of hydrogen-bond donors (Lipinski definition) is 1. The highest BCUT2D eigenvalue weighted by Gasteiger charge is 2.12. The maximum Gasteiger partial charge on any atom is 0.142 e. The third-order valence-electron chi connectivity index (χ3n) is 3.11. The average Bonchev–Trinajstić information content (AvgIpc) is 2.33. The summed E-state index contributed by atoms with van der Waals surface area (Å²) in [4.78, 5) is 4.39. The molecule has 100 valence electrons. The summed E-state index contributed by atoms with van der Waals surface area (Å²) >= 11 is 5.66. The maximum atomic E-state index is 13.4. The Morgan fingerprint density at radius 1 is 1.26 bits per heavy atom. The monoisotopic (exact) mass is 278 g/mol. The minimum absolute atomic E-state index is 0.130. The zero-order valence-corrected chi connectivity index (χ0v) is 11.7. The first kappa shape index (κ1) is 14.0. The highest BCUT2D eigenvalue weighted by Crippen LogP contribution is 2.21. The zero-order chi connectivity index (χ0) is 14.0. The van der Waals surface area contributed by atoms with Gasteiger partial charge in [0.2, 0.25) is 0 Å². The van der Waals surface area contributed by atoms with Crippen molar-refractivity contribution in [3.8, 4) is 0 Å². The normalized spacial score (nSPS) is 12.5. The van der Waals surface area contributed by atoms with Crippen LogP contribution in [0.15, 0.2) is 30.3 Å². The van der Waals surface area contributed by atoms with E-state index in [4.69, 9.17) is 17.3 Å². The summed E-state index contributed by atoms with van der Waals surface area (Å²) in [7, 11) is 0. The molecule has 2 nitrogen and oxygen atoms in total. The van der Waals surface area contributed by atoms with Gasteiger partial charge in [-0.15, -0.1) is 0 Å². The summed E-state index contributed by atoms with van der Waals surface area (Å²) in [6.45, 7) is 3.88. The quantitative estimate of drug-likeness (QED) is 0.929. The molecule has 1 unspecified atom stereocenters. The molecular formula is C15H16ClFN2. The van der Waals surface area contributed by atoms with Gasteiger partial charge in [-0.25, -0.2) is 4.39 Å². The van der Waals surface area contributed by atoms with Gasteiger partial charge in [0.25, 0.3) is 0 Å². The lowest BCUT2D eigenvalue weighted by molar-refractivity contribution is 0.622. The molecule has 2 aromatic rings. The van der Waals surface area contributed by atoms with E-state index in [1.54, 1.807) is 12.1 Å². The van der Waals surface area contributed by atoms with E-state index in [-0.39, 0.29) is 11.1 Å². The average molecular weight is 279 g/mol.